The minimum atomic E-state index is -0.549. The predicted molar refractivity (Wildman–Crippen MR) is 115 cm³/mol. The van der Waals surface area contributed by atoms with Crippen LogP contribution in [0.2, 0.25) is 0 Å². The fraction of sp³-hybridized carbons (Fsp3) is 0.111. The van der Waals surface area contributed by atoms with E-state index >= 15 is 0 Å². The maximum absolute atomic E-state index is 6.43. The first-order valence-electron chi connectivity index (χ1n) is 9.71. The average Bonchev–Trinajstić information content (AvgIpc) is 2.78. The number of rotatable bonds is 3. The van der Waals surface area contributed by atoms with Gasteiger partial charge >= 0.3 is 0 Å². The number of methoxy groups -OCH3 is 1. The molecule has 0 bridgehead atoms. The van der Waals surface area contributed by atoms with Gasteiger partial charge in [0.05, 0.1) is 0 Å². The fourth-order valence-electron chi connectivity index (χ4n) is 4.79. The summed E-state index contributed by atoms with van der Waals surface area (Å²) in [5.41, 5.74) is 6.93. The van der Waals surface area contributed by atoms with E-state index in [0.717, 1.165) is 0 Å². The zero-order valence-corrected chi connectivity index (χ0v) is 15.9. The van der Waals surface area contributed by atoms with Crippen LogP contribution >= 0.6 is 0 Å². The Kier molecular flexibility index (Phi) is 4.11. The van der Waals surface area contributed by atoms with E-state index in [2.05, 4.69) is 109 Å². The van der Waals surface area contributed by atoms with Crippen molar-refractivity contribution in [3.05, 3.63) is 137 Å². The topological polar surface area (TPSA) is 9.23 Å². The van der Waals surface area contributed by atoms with Gasteiger partial charge < -0.3 is 4.74 Å². The molecule has 0 fully saturated rings. The Morgan fingerprint density at radius 3 is 2.18 bits per heavy atom. The molecule has 2 aliphatic carbocycles. The molecular weight excluding hydrogens is 340 g/mol. The molecule has 0 saturated heterocycles. The van der Waals surface area contributed by atoms with Gasteiger partial charge in [0.2, 0.25) is 0 Å². The van der Waals surface area contributed by atoms with Gasteiger partial charge in [-0.1, -0.05) is 109 Å². The quantitative estimate of drug-likeness (QED) is 0.544. The third-order valence-corrected chi connectivity index (χ3v) is 5.94. The van der Waals surface area contributed by atoms with E-state index in [1.54, 1.807) is 0 Å². The second-order valence-corrected chi connectivity index (χ2v) is 7.27. The molecule has 2 atom stereocenters. The molecule has 0 spiro atoms. The van der Waals surface area contributed by atoms with Crippen LogP contribution in [-0.4, -0.2) is 7.11 Å². The number of hydrogen-bond acceptors (Lipinski definition) is 1. The average molecular weight is 362 g/mol. The first kappa shape index (κ1) is 17.0. The monoisotopic (exact) mass is 362 g/mol. The van der Waals surface area contributed by atoms with Gasteiger partial charge in [0.15, 0.2) is 0 Å². The highest BCUT2D eigenvalue weighted by Crippen LogP contribution is 2.54. The van der Waals surface area contributed by atoms with Crippen molar-refractivity contribution < 1.29 is 4.74 Å². The summed E-state index contributed by atoms with van der Waals surface area (Å²) in [4.78, 5) is 0. The van der Waals surface area contributed by atoms with Gasteiger partial charge in [-0.25, -0.2) is 0 Å². The van der Waals surface area contributed by atoms with E-state index in [-0.39, 0.29) is 5.92 Å². The normalized spacial score (nSPS) is 22.7. The highest BCUT2D eigenvalue weighted by Gasteiger charge is 2.48. The van der Waals surface area contributed by atoms with Crippen LogP contribution in [0, 0.1) is 5.92 Å². The van der Waals surface area contributed by atoms with Crippen LogP contribution in [0.1, 0.15) is 22.3 Å². The molecule has 0 amide bonds. The maximum atomic E-state index is 6.43. The van der Waals surface area contributed by atoms with Gasteiger partial charge in [0.1, 0.15) is 5.60 Å². The fourth-order valence-corrected chi connectivity index (χ4v) is 4.79. The molecule has 2 unspecified atom stereocenters. The van der Waals surface area contributed by atoms with Crippen LogP contribution in [0.4, 0.5) is 0 Å². The Hall–Kier alpha value is -3.16. The molecule has 5 rings (SSSR count). The minimum Gasteiger partial charge on any atom is -0.368 e. The molecule has 2 aliphatic rings. The number of hydrogen-bond donors (Lipinski definition) is 0. The number of allylic oxidation sites excluding steroid dienone is 3. The highest BCUT2D eigenvalue weighted by molar-refractivity contribution is 5.89. The molecule has 3 aromatic rings. The van der Waals surface area contributed by atoms with Crippen molar-refractivity contribution >= 4 is 5.57 Å². The van der Waals surface area contributed by atoms with Crippen molar-refractivity contribution in [2.75, 3.05) is 7.11 Å². The number of fused-ring (bicyclic) bond motifs is 2. The summed E-state index contributed by atoms with van der Waals surface area (Å²) in [5.74, 6) is 0.106. The number of ether oxygens (including phenoxy) is 1. The summed E-state index contributed by atoms with van der Waals surface area (Å²) in [7, 11) is 1.83. The summed E-state index contributed by atoms with van der Waals surface area (Å²) < 4.78 is 6.43. The molecule has 28 heavy (non-hydrogen) atoms. The molecule has 0 heterocycles. The van der Waals surface area contributed by atoms with Crippen molar-refractivity contribution in [3.8, 4) is 0 Å². The smallest absolute Gasteiger partial charge is 0.129 e. The Morgan fingerprint density at radius 1 is 0.750 bits per heavy atom. The molecule has 136 valence electrons. The molecular formula is C27H22O. The van der Waals surface area contributed by atoms with E-state index < -0.39 is 5.60 Å². The molecule has 0 saturated carbocycles. The summed E-state index contributed by atoms with van der Waals surface area (Å²) in [5, 5.41) is 0. The highest BCUT2D eigenvalue weighted by atomic mass is 16.5. The summed E-state index contributed by atoms with van der Waals surface area (Å²) in [6, 6.07) is 30.0. The van der Waals surface area contributed by atoms with Crippen LogP contribution in [-0.2, 0) is 10.3 Å². The maximum Gasteiger partial charge on any atom is 0.129 e. The van der Waals surface area contributed by atoms with Gasteiger partial charge in [-0.05, 0) is 33.4 Å². The SMILES string of the molecule is COC1(c2ccccc2)c2ccccc2C(c2ccccc2)=C2C=CC=CC21. The van der Waals surface area contributed by atoms with Crippen LogP contribution in [0.3, 0.4) is 0 Å². The Labute approximate surface area is 166 Å². The molecule has 0 aromatic heterocycles. The van der Waals surface area contributed by atoms with Gasteiger partial charge in [0, 0.05) is 13.0 Å². The molecule has 0 N–H and O–H groups in total. The van der Waals surface area contributed by atoms with Crippen molar-refractivity contribution in [2.45, 2.75) is 5.60 Å². The van der Waals surface area contributed by atoms with Gasteiger partial charge in [-0.2, -0.15) is 0 Å². The van der Waals surface area contributed by atoms with Crippen molar-refractivity contribution in [3.63, 3.8) is 0 Å². The standard InChI is InChI=1S/C27H22O/c1-28-27(21-14-6-3-7-15-21)24-18-10-8-16-22(24)26(20-12-4-2-5-13-20)23-17-9-11-19-25(23)27/h2-19,24H,1H3. The zero-order chi connectivity index (χ0) is 19.0. The molecule has 1 nitrogen and oxygen atoms in total. The largest absolute Gasteiger partial charge is 0.368 e. The zero-order valence-electron chi connectivity index (χ0n) is 15.9. The van der Waals surface area contributed by atoms with E-state index in [4.69, 9.17) is 4.74 Å². The Bertz CT molecular complexity index is 1090. The van der Waals surface area contributed by atoms with E-state index in [0.29, 0.717) is 0 Å². The van der Waals surface area contributed by atoms with E-state index in [9.17, 15) is 0 Å². The molecule has 0 radical (unpaired) electrons. The lowest BCUT2D eigenvalue weighted by atomic mass is 9.63. The van der Waals surface area contributed by atoms with Crippen molar-refractivity contribution in [1.82, 2.24) is 0 Å². The minimum absolute atomic E-state index is 0.106. The molecule has 1 heteroatoms. The molecule has 3 aromatic carbocycles. The van der Waals surface area contributed by atoms with Crippen LogP contribution in [0.5, 0.6) is 0 Å². The lowest BCUT2D eigenvalue weighted by Gasteiger charge is -2.46. The predicted octanol–water partition coefficient (Wildman–Crippen LogP) is 6.13. The Morgan fingerprint density at radius 2 is 1.43 bits per heavy atom. The second kappa shape index (κ2) is 6.78. The number of benzene rings is 3. The van der Waals surface area contributed by atoms with Gasteiger partial charge in [0.25, 0.3) is 0 Å². The van der Waals surface area contributed by atoms with Crippen LogP contribution in [0.25, 0.3) is 5.57 Å². The summed E-state index contributed by atoms with van der Waals surface area (Å²) in [6.45, 7) is 0. The van der Waals surface area contributed by atoms with Crippen molar-refractivity contribution in [2.24, 2.45) is 5.92 Å². The van der Waals surface area contributed by atoms with E-state index in [1.807, 2.05) is 7.11 Å². The van der Waals surface area contributed by atoms with Gasteiger partial charge in [-0.3, -0.25) is 0 Å². The Balaban J connectivity index is 1.88. The van der Waals surface area contributed by atoms with E-state index in [1.165, 1.54) is 33.4 Å². The van der Waals surface area contributed by atoms with Crippen LogP contribution in [0.15, 0.2) is 115 Å². The lowest BCUT2D eigenvalue weighted by molar-refractivity contribution is -0.00373. The first-order valence-corrected chi connectivity index (χ1v) is 9.71. The van der Waals surface area contributed by atoms with Crippen molar-refractivity contribution in [1.29, 1.82) is 0 Å². The molecule has 0 aliphatic heterocycles. The first-order chi connectivity index (χ1) is 13.9. The third-order valence-electron chi connectivity index (χ3n) is 5.94. The third kappa shape index (κ3) is 2.37. The second-order valence-electron chi connectivity index (χ2n) is 7.27. The summed E-state index contributed by atoms with van der Waals surface area (Å²) >= 11 is 0. The lowest BCUT2D eigenvalue weighted by Crippen LogP contribution is -2.42. The van der Waals surface area contributed by atoms with Crippen LogP contribution < -0.4 is 0 Å². The summed E-state index contributed by atoms with van der Waals surface area (Å²) in [6.07, 6.45) is 8.81. The van der Waals surface area contributed by atoms with Gasteiger partial charge in [-0.15, -0.1) is 0 Å².